The van der Waals surface area contributed by atoms with Crippen molar-refractivity contribution in [1.82, 2.24) is 4.98 Å². The summed E-state index contributed by atoms with van der Waals surface area (Å²) >= 11 is 11.8. The molecule has 0 saturated carbocycles. The molecule has 0 radical (unpaired) electrons. The van der Waals surface area contributed by atoms with E-state index in [0.29, 0.717) is 17.2 Å². The van der Waals surface area contributed by atoms with Gasteiger partial charge in [0, 0.05) is 24.4 Å². The van der Waals surface area contributed by atoms with E-state index in [1.54, 1.807) is 24.3 Å². The van der Waals surface area contributed by atoms with Crippen LogP contribution in [0.4, 0.5) is 18.9 Å². The van der Waals surface area contributed by atoms with E-state index in [1.165, 1.54) is 25.4 Å². The summed E-state index contributed by atoms with van der Waals surface area (Å²) in [6.45, 7) is -0.347. The van der Waals surface area contributed by atoms with Gasteiger partial charge in [-0.15, -0.1) is 0 Å². The van der Waals surface area contributed by atoms with Crippen molar-refractivity contribution >= 4 is 40.8 Å². The highest BCUT2D eigenvalue weighted by Gasteiger charge is 2.37. The summed E-state index contributed by atoms with van der Waals surface area (Å²) in [5.41, 5.74) is -0.300. The highest BCUT2D eigenvalue weighted by Crippen LogP contribution is 2.40. The molecule has 34 heavy (non-hydrogen) atoms. The number of esters is 1. The first-order valence-electron chi connectivity index (χ1n) is 9.74. The molecule has 1 aromatic heterocycles. The molecule has 2 heterocycles. The van der Waals surface area contributed by atoms with E-state index >= 15 is 0 Å². The first kappa shape index (κ1) is 24.0. The van der Waals surface area contributed by atoms with Crippen molar-refractivity contribution in [1.29, 1.82) is 0 Å². The number of amides is 1. The topological polar surface area (TPSA) is 68.7 Å². The molecule has 1 aliphatic rings. The standard InChI is InChI=1S/C23H15Cl2F3N2O4/c1-33-11-30(21(31)12-6-7-17(25)16(8-12)23(26,27)28)18-9-13(24)10-29-19(18)20-14-4-2-3-5-15(14)22(32)34-20/h2-10,20H,11H2,1H3. The van der Waals surface area contributed by atoms with Gasteiger partial charge in [-0.1, -0.05) is 41.4 Å². The number of hydrogen-bond acceptors (Lipinski definition) is 5. The molecule has 1 aliphatic heterocycles. The monoisotopic (exact) mass is 510 g/mol. The largest absolute Gasteiger partial charge is 0.447 e. The number of anilines is 1. The molecule has 0 fully saturated rings. The summed E-state index contributed by atoms with van der Waals surface area (Å²) in [4.78, 5) is 31.1. The van der Waals surface area contributed by atoms with E-state index < -0.39 is 34.7 Å². The van der Waals surface area contributed by atoms with Crippen LogP contribution >= 0.6 is 23.2 Å². The summed E-state index contributed by atoms with van der Waals surface area (Å²) in [6.07, 6.45) is -4.40. The van der Waals surface area contributed by atoms with Gasteiger partial charge in [0.25, 0.3) is 5.91 Å². The number of carbonyl (C=O) groups excluding carboxylic acids is 2. The number of carbonyl (C=O) groups is 2. The maximum atomic E-state index is 13.4. The maximum Gasteiger partial charge on any atom is 0.417 e. The van der Waals surface area contributed by atoms with Crippen molar-refractivity contribution in [2.75, 3.05) is 18.7 Å². The Morgan fingerprint density at radius 2 is 1.91 bits per heavy atom. The lowest BCUT2D eigenvalue weighted by atomic mass is 10.0. The minimum absolute atomic E-state index is 0.109. The average molecular weight is 511 g/mol. The zero-order chi connectivity index (χ0) is 24.6. The Labute approximate surface area is 201 Å². The summed E-state index contributed by atoms with van der Waals surface area (Å²) < 4.78 is 50.7. The summed E-state index contributed by atoms with van der Waals surface area (Å²) in [6, 6.07) is 10.9. The quantitative estimate of drug-likeness (QED) is 0.315. The molecule has 6 nitrogen and oxygen atoms in total. The number of nitrogens with zero attached hydrogens (tertiary/aromatic N) is 2. The van der Waals surface area contributed by atoms with E-state index in [-0.39, 0.29) is 28.7 Å². The Morgan fingerprint density at radius 3 is 2.62 bits per heavy atom. The number of methoxy groups -OCH3 is 1. The average Bonchev–Trinajstić information content (AvgIpc) is 3.13. The number of benzene rings is 2. The molecule has 0 aliphatic carbocycles. The van der Waals surface area contributed by atoms with Crippen molar-refractivity contribution in [3.05, 3.63) is 92.7 Å². The lowest BCUT2D eigenvalue weighted by Crippen LogP contribution is -2.34. The van der Waals surface area contributed by atoms with E-state index in [4.69, 9.17) is 32.7 Å². The Balaban J connectivity index is 1.82. The highest BCUT2D eigenvalue weighted by molar-refractivity contribution is 6.31. The van der Waals surface area contributed by atoms with Crippen LogP contribution in [-0.4, -0.2) is 30.7 Å². The number of hydrogen-bond donors (Lipinski definition) is 0. The zero-order valence-electron chi connectivity index (χ0n) is 17.4. The highest BCUT2D eigenvalue weighted by atomic mass is 35.5. The van der Waals surface area contributed by atoms with Gasteiger partial charge < -0.3 is 9.47 Å². The minimum atomic E-state index is -4.76. The second-order valence-corrected chi connectivity index (χ2v) is 8.12. The zero-order valence-corrected chi connectivity index (χ0v) is 18.9. The van der Waals surface area contributed by atoms with E-state index in [0.717, 1.165) is 11.0 Å². The van der Waals surface area contributed by atoms with Crippen molar-refractivity contribution < 1.29 is 32.2 Å². The van der Waals surface area contributed by atoms with Crippen molar-refractivity contribution in [2.24, 2.45) is 0 Å². The van der Waals surface area contributed by atoms with Gasteiger partial charge in [-0.05, 0) is 30.3 Å². The van der Waals surface area contributed by atoms with Gasteiger partial charge in [-0.3, -0.25) is 14.7 Å². The van der Waals surface area contributed by atoms with Crippen molar-refractivity contribution in [3.8, 4) is 0 Å². The summed E-state index contributed by atoms with van der Waals surface area (Å²) in [7, 11) is 1.31. The number of fused-ring (bicyclic) bond motifs is 1. The maximum absolute atomic E-state index is 13.4. The molecule has 1 atom stereocenters. The second-order valence-electron chi connectivity index (χ2n) is 7.27. The number of halogens is 5. The molecular formula is C23H15Cl2F3N2O4. The summed E-state index contributed by atoms with van der Waals surface area (Å²) in [5, 5.41) is -0.390. The number of cyclic esters (lactones) is 1. The third-order valence-corrected chi connectivity index (χ3v) is 5.65. The third kappa shape index (κ3) is 4.46. The molecule has 0 spiro atoms. The molecule has 1 unspecified atom stereocenters. The number of aromatic nitrogens is 1. The lowest BCUT2D eigenvalue weighted by molar-refractivity contribution is -0.137. The Hall–Kier alpha value is -3.14. The van der Waals surface area contributed by atoms with Crippen LogP contribution in [0.5, 0.6) is 0 Å². The Kier molecular flexibility index (Phi) is 6.53. The van der Waals surface area contributed by atoms with Gasteiger partial charge in [0.1, 0.15) is 12.4 Å². The molecule has 11 heteroatoms. The van der Waals surface area contributed by atoms with Crippen molar-refractivity contribution in [3.63, 3.8) is 0 Å². The number of ether oxygens (including phenoxy) is 2. The van der Waals surface area contributed by atoms with Crippen LogP contribution < -0.4 is 4.90 Å². The van der Waals surface area contributed by atoms with Crippen molar-refractivity contribution in [2.45, 2.75) is 12.3 Å². The van der Waals surface area contributed by atoms with E-state index in [9.17, 15) is 22.8 Å². The molecular weight excluding hydrogens is 496 g/mol. The van der Waals surface area contributed by atoms with Crippen LogP contribution in [0.2, 0.25) is 10.0 Å². The fourth-order valence-corrected chi connectivity index (χ4v) is 3.98. The molecule has 176 valence electrons. The molecule has 2 aromatic carbocycles. The molecule has 0 N–H and O–H groups in total. The van der Waals surface area contributed by atoms with Crippen LogP contribution in [0, 0.1) is 0 Å². The first-order valence-corrected chi connectivity index (χ1v) is 10.5. The van der Waals surface area contributed by atoms with Crippen LogP contribution in [-0.2, 0) is 15.7 Å². The normalized spacial score (nSPS) is 15.1. The van der Waals surface area contributed by atoms with Gasteiger partial charge in [-0.25, -0.2) is 4.79 Å². The van der Waals surface area contributed by atoms with Gasteiger partial charge in [0.05, 0.1) is 26.9 Å². The predicted molar refractivity (Wildman–Crippen MR) is 118 cm³/mol. The molecule has 0 saturated heterocycles. The van der Waals surface area contributed by atoms with Gasteiger partial charge in [0.15, 0.2) is 6.10 Å². The molecule has 4 rings (SSSR count). The van der Waals surface area contributed by atoms with Gasteiger partial charge in [-0.2, -0.15) is 13.2 Å². The third-order valence-electron chi connectivity index (χ3n) is 5.11. The Bertz CT molecular complexity index is 1280. The SMILES string of the molecule is COCN(C(=O)c1ccc(Cl)c(C(F)(F)F)c1)c1cc(Cl)cnc1C1OC(=O)c2ccccc21. The number of pyridine rings is 1. The fraction of sp³-hybridized carbons (Fsp3) is 0.174. The van der Waals surface area contributed by atoms with Gasteiger partial charge >= 0.3 is 12.1 Å². The van der Waals surface area contributed by atoms with Crippen LogP contribution in [0.25, 0.3) is 0 Å². The predicted octanol–water partition coefficient (Wildman–Crippen LogP) is 5.92. The second kappa shape index (κ2) is 9.25. The first-order chi connectivity index (χ1) is 16.1. The van der Waals surface area contributed by atoms with E-state index in [1.807, 2.05) is 0 Å². The lowest BCUT2D eigenvalue weighted by Gasteiger charge is -2.26. The smallest absolute Gasteiger partial charge is 0.417 e. The van der Waals surface area contributed by atoms with Crippen LogP contribution in [0.3, 0.4) is 0 Å². The van der Waals surface area contributed by atoms with Crippen LogP contribution in [0.15, 0.2) is 54.7 Å². The Morgan fingerprint density at radius 1 is 1.18 bits per heavy atom. The van der Waals surface area contributed by atoms with Gasteiger partial charge in [0.2, 0.25) is 0 Å². The van der Waals surface area contributed by atoms with Crippen LogP contribution in [0.1, 0.15) is 43.6 Å². The number of rotatable bonds is 5. The summed E-state index contributed by atoms with van der Waals surface area (Å²) in [5.74, 6) is -1.40. The number of alkyl halides is 3. The molecule has 3 aromatic rings. The minimum Gasteiger partial charge on any atom is -0.447 e. The molecule has 0 bridgehead atoms. The van der Waals surface area contributed by atoms with E-state index in [2.05, 4.69) is 4.98 Å². The molecule has 1 amide bonds. The fourth-order valence-electron chi connectivity index (χ4n) is 3.60.